The van der Waals surface area contributed by atoms with E-state index in [0.717, 1.165) is 44.7 Å². The zero-order valence-corrected chi connectivity index (χ0v) is 20.8. The number of likely N-dealkylation sites (tertiary alicyclic amines) is 1. The number of thiazole rings is 1. The number of aromatic nitrogens is 1. The van der Waals surface area contributed by atoms with Gasteiger partial charge < -0.3 is 19.4 Å². The van der Waals surface area contributed by atoms with Gasteiger partial charge in [0, 0.05) is 56.1 Å². The Morgan fingerprint density at radius 1 is 1.18 bits per heavy atom. The molecule has 7 nitrogen and oxygen atoms in total. The lowest BCUT2D eigenvalue weighted by Gasteiger charge is -2.43. The minimum atomic E-state index is -0.449. The first-order chi connectivity index (χ1) is 15.8. The van der Waals surface area contributed by atoms with E-state index in [1.807, 2.05) is 28.9 Å². The lowest BCUT2D eigenvalue weighted by atomic mass is 9.77. The molecule has 1 aromatic heterocycles. The van der Waals surface area contributed by atoms with Crippen molar-refractivity contribution in [2.45, 2.75) is 26.2 Å². The van der Waals surface area contributed by atoms with E-state index in [2.05, 4.69) is 16.9 Å². The van der Waals surface area contributed by atoms with Crippen molar-refractivity contribution in [2.24, 2.45) is 5.41 Å². The van der Waals surface area contributed by atoms with Gasteiger partial charge in [-0.3, -0.25) is 9.59 Å². The number of aryl methyl sites for hydroxylation is 1. The molecule has 2 saturated heterocycles. The van der Waals surface area contributed by atoms with E-state index in [9.17, 15) is 9.59 Å². The Bertz CT molecular complexity index is 992. The summed E-state index contributed by atoms with van der Waals surface area (Å²) in [6, 6.07) is 7.31. The number of carbonyl (C=O) groups is 2. The maximum absolute atomic E-state index is 13.3. The van der Waals surface area contributed by atoms with Crippen LogP contribution in [0.15, 0.2) is 29.8 Å². The zero-order chi connectivity index (χ0) is 23.4. The zero-order valence-electron chi connectivity index (χ0n) is 19.3. The Morgan fingerprint density at radius 2 is 1.97 bits per heavy atom. The summed E-state index contributed by atoms with van der Waals surface area (Å²) in [5.74, 6) is 0.811. The lowest BCUT2D eigenvalue weighted by molar-refractivity contribution is -0.137. The van der Waals surface area contributed by atoms with E-state index >= 15 is 0 Å². The molecule has 4 rings (SSSR count). The number of carbonyl (C=O) groups excluding carboxylic acids is 2. The Morgan fingerprint density at radius 3 is 2.67 bits per heavy atom. The molecule has 33 heavy (non-hydrogen) atoms. The van der Waals surface area contributed by atoms with E-state index in [1.165, 1.54) is 11.3 Å². The van der Waals surface area contributed by atoms with Gasteiger partial charge in [0.25, 0.3) is 5.91 Å². The van der Waals surface area contributed by atoms with Crippen molar-refractivity contribution in [2.75, 3.05) is 52.9 Å². The molecule has 2 fully saturated rings. The molecule has 2 aliphatic rings. The minimum absolute atomic E-state index is 0.00567. The highest BCUT2D eigenvalue weighted by atomic mass is 35.5. The first-order valence-electron chi connectivity index (χ1n) is 11.4. The average Bonchev–Trinajstić information content (AvgIpc) is 3.24. The molecule has 2 amide bonds. The van der Waals surface area contributed by atoms with E-state index in [0.29, 0.717) is 41.8 Å². The summed E-state index contributed by atoms with van der Waals surface area (Å²) < 4.78 is 6.17. The number of nitrogens with zero attached hydrogens (tertiary/aromatic N) is 4. The summed E-state index contributed by atoms with van der Waals surface area (Å²) in [7, 11) is 2.08. The Kier molecular flexibility index (Phi) is 7.56. The molecule has 3 heterocycles. The van der Waals surface area contributed by atoms with Crippen molar-refractivity contribution in [3.63, 3.8) is 0 Å². The summed E-state index contributed by atoms with van der Waals surface area (Å²) in [5, 5.41) is 0.608. The van der Waals surface area contributed by atoms with Gasteiger partial charge in [-0.1, -0.05) is 17.7 Å². The molecular formula is C24H31ClN4O3S. The van der Waals surface area contributed by atoms with Crippen molar-refractivity contribution in [1.29, 1.82) is 0 Å². The van der Waals surface area contributed by atoms with Crippen LogP contribution in [-0.2, 0) is 4.79 Å². The van der Waals surface area contributed by atoms with Crippen LogP contribution in [-0.4, -0.2) is 84.4 Å². The molecule has 2 aliphatic heterocycles. The number of amides is 2. The molecule has 0 N–H and O–H groups in total. The molecule has 1 atom stereocenters. The number of likely N-dealkylation sites (N-methyl/N-ethyl adjacent to an activating group) is 1. The van der Waals surface area contributed by atoms with E-state index in [1.54, 1.807) is 17.6 Å². The number of benzene rings is 1. The molecule has 0 saturated carbocycles. The largest absolute Gasteiger partial charge is 0.493 e. The first-order valence-corrected chi connectivity index (χ1v) is 12.7. The number of ether oxygens (including phenoxy) is 1. The van der Waals surface area contributed by atoms with Crippen LogP contribution < -0.4 is 4.74 Å². The van der Waals surface area contributed by atoms with Gasteiger partial charge in [-0.2, -0.15) is 0 Å². The van der Waals surface area contributed by atoms with Gasteiger partial charge in [0.15, 0.2) is 0 Å². The monoisotopic (exact) mass is 490 g/mol. The summed E-state index contributed by atoms with van der Waals surface area (Å²) in [6.45, 7) is 6.63. The Labute approximate surface area is 204 Å². The van der Waals surface area contributed by atoms with Gasteiger partial charge in [-0.05, 0) is 45.0 Å². The van der Waals surface area contributed by atoms with Gasteiger partial charge in [-0.15, -0.1) is 11.3 Å². The minimum Gasteiger partial charge on any atom is -0.493 e. The van der Waals surface area contributed by atoms with E-state index < -0.39 is 5.41 Å². The predicted molar refractivity (Wildman–Crippen MR) is 130 cm³/mol. The maximum atomic E-state index is 13.3. The van der Waals surface area contributed by atoms with Crippen LogP contribution in [0.1, 0.15) is 34.6 Å². The standard InChI is InChI=1S/C24H31ClN4O3S/c1-18-22(33-17-26-18)23(31)29-8-4-7-24(15-29,16-32-20-6-3-5-19(25)13-20)14-21(30)28-11-9-27(2)10-12-28/h3,5-6,13,17H,4,7-12,14-16H2,1-2H3/t24-/m1/s1. The maximum Gasteiger partial charge on any atom is 0.265 e. The third-order valence-electron chi connectivity index (χ3n) is 6.61. The average molecular weight is 491 g/mol. The molecule has 0 spiro atoms. The molecule has 0 radical (unpaired) electrons. The molecular weight excluding hydrogens is 460 g/mol. The van der Waals surface area contributed by atoms with Gasteiger partial charge in [-0.25, -0.2) is 4.98 Å². The quantitative estimate of drug-likeness (QED) is 0.619. The van der Waals surface area contributed by atoms with Crippen LogP contribution >= 0.6 is 22.9 Å². The van der Waals surface area contributed by atoms with E-state index in [-0.39, 0.29) is 11.8 Å². The molecule has 0 aliphatic carbocycles. The highest BCUT2D eigenvalue weighted by Crippen LogP contribution is 2.36. The number of piperazine rings is 1. The fourth-order valence-electron chi connectivity index (χ4n) is 4.63. The van der Waals surface area contributed by atoms with Gasteiger partial charge in [0.1, 0.15) is 10.6 Å². The van der Waals surface area contributed by atoms with Crippen LogP contribution in [0, 0.1) is 12.3 Å². The van der Waals surface area contributed by atoms with Gasteiger partial charge >= 0.3 is 0 Å². The number of hydrogen-bond donors (Lipinski definition) is 0. The second-order valence-electron chi connectivity index (χ2n) is 9.20. The SMILES string of the molecule is Cc1ncsc1C(=O)N1CCC[C@@](COc2cccc(Cl)c2)(CC(=O)N2CCN(C)CC2)C1. The normalized spacial score (nSPS) is 21.8. The summed E-state index contributed by atoms with van der Waals surface area (Å²) in [4.78, 5) is 37.5. The fraction of sp³-hybridized carbons (Fsp3) is 0.542. The van der Waals surface area contributed by atoms with Gasteiger partial charge in [0.2, 0.25) is 5.91 Å². The number of halogens is 1. The Hall–Kier alpha value is -2.16. The van der Waals surface area contributed by atoms with Crippen molar-refractivity contribution >= 4 is 34.8 Å². The molecule has 0 unspecified atom stereocenters. The third-order valence-corrected chi connectivity index (χ3v) is 7.76. The van der Waals surface area contributed by atoms with E-state index in [4.69, 9.17) is 16.3 Å². The molecule has 0 bridgehead atoms. The lowest BCUT2D eigenvalue weighted by Crippen LogP contribution is -2.53. The highest BCUT2D eigenvalue weighted by molar-refractivity contribution is 7.11. The van der Waals surface area contributed by atoms with Crippen molar-refractivity contribution < 1.29 is 14.3 Å². The highest BCUT2D eigenvalue weighted by Gasteiger charge is 2.41. The molecule has 9 heteroatoms. The molecule has 178 valence electrons. The van der Waals surface area contributed by atoms with Crippen molar-refractivity contribution in [3.05, 3.63) is 45.4 Å². The second-order valence-corrected chi connectivity index (χ2v) is 10.5. The Balaban J connectivity index is 1.52. The summed E-state index contributed by atoms with van der Waals surface area (Å²) >= 11 is 7.50. The smallest absolute Gasteiger partial charge is 0.265 e. The second kappa shape index (κ2) is 10.4. The summed E-state index contributed by atoms with van der Waals surface area (Å²) in [6.07, 6.45) is 2.03. The van der Waals surface area contributed by atoms with Crippen molar-refractivity contribution in [3.8, 4) is 5.75 Å². The van der Waals surface area contributed by atoms with Crippen LogP contribution in [0.25, 0.3) is 0 Å². The third kappa shape index (κ3) is 5.86. The predicted octanol–water partition coefficient (Wildman–Crippen LogP) is 3.57. The fourth-order valence-corrected chi connectivity index (χ4v) is 5.58. The number of hydrogen-bond acceptors (Lipinski definition) is 6. The first kappa shape index (κ1) is 24.0. The topological polar surface area (TPSA) is 66.0 Å². The molecule has 1 aromatic carbocycles. The van der Waals surface area contributed by atoms with Gasteiger partial charge in [0.05, 0.1) is 17.8 Å². The number of piperidine rings is 1. The molecule has 2 aromatic rings. The summed E-state index contributed by atoms with van der Waals surface area (Å²) in [5.41, 5.74) is 2.01. The van der Waals surface area contributed by atoms with Crippen LogP contribution in [0.5, 0.6) is 5.75 Å². The van der Waals surface area contributed by atoms with Crippen molar-refractivity contribution in [1.82, 2.24) is 19.7 Å². The van der Waals surface area contributed by atoms with Crippen LogP contribution in [0.4, 0.5) is 0 Å². The van der Waals surface area contributed by atoms with Crippen LogP contribution in [0.2, 0.25) is 5.02 Å². The van der Waals surface area contributed by atoms with Crippen LogP contribution in [0.3, 0.4) is 0 Å². The number of rotatable bonds is 6.